The number of aliphatic imine (C=N–C) groups is 1. The first kappa shape index (κ1) is 17.3. The van der Waals surface area contributed by atoms with Crippen LogP contribution in [0.15, 0.2) is 23.5 Å². The lowest BCUT2D eigenvalue weighted by molar-refractivity contribution is 0.267. The summed E-state index contributed by atoms with van der Waals surface area (Å²) in [7, 11) is 2.01. The Hall–Kier alpha value is -0.760. The molecule has 1 aromatic heterocycles. The van der Waals surface area contributed by atoms with Crippen molar-refractivity contribution in [2.24, 2.45) is 17.8 Å². The minimum Gasteiger partial charge on any atom is -0.370 e. The maximum absolute atomic E-state index is 5.91. The van der Waals surface area contributed by atoms with Crippen LogP contribution in [0, 0.1) is 0 Å². The Morgan fingerprint density at radius 3 is 3.00 bits per heavy atom. The Morgan fingerprint density at radius 1 is 1.55 bits per heavy atom. The third-order valence-corrected chi connectivity index (χ3v) is 3.75. The number of rotatable bonds is 5. The molecule has 1 aliphatic heterocycles. The van der Waals surface area contributed by atoms with Gasteiger partial charge >= 0.3 is 0 Å². The van der Waals surface area contributed by atoms with E-state index in [0.717, 1.165) is 13.1 Å². The molecule has 1 atom stereocenters. The van der Waals surface area contributed by atoms with E-state index in [4.69, 9.17) is 5.73 Å². The fraction of sp³-hybridized carbons (Fsp3) is 0.643. The van der Waals surface area contributed by atoms with Crippen molar-refractivity contribution in [1.82, 2.24) is 14.8 Å². The van der Waals surface area contributed by atoms with Gasteiger partial charge in [0.1, 0.15) is 0 Å². The average Bonchev–Trinajstić information content (AvgIpc) is 3.02. The van der Waals surface area contributed by atoms with Crippen LogP contribution in [0.2, 0.25) is 0 Å². The van der Waals surface area contributed by atoms with E-state index in [-0.39, 0.29) is 24.0 Å². The molecule has 1 fully saturated rings. The van der Waals surface area contributed by atoms with Crippen LogP contribution in [0.3, 0.4) is 0 Å². The quantitative estimate of drug-likeness (QED) is 0.455. The lowest BCUT2D eigenvalue weighted by atomic mass is 10.2. The van der Waals surface area contributed by atoms with Gasteiger partial charge in [-0.3, -0.25) is 4.90 Å². The third kappa shape index (κ3) is 4.97. The molecule has 0 bridgehead atoms. The molecular weight excluding hydrogens is 365 g/mol. The number of likely N-dealkylation sites (tertiary alicyclic amines) is 1. The van der Waals surface area contributed by atoms with Crippen molar-refractivity contribution in [3.63, 3.8) is 0 Å². The minimum atomic E-state index is 0. The van der Waals surface area contributed by atoms with Gasteiger partial charge in [0.15, 0.2) is 5.96 Å². The van der Waals surface area contributed by atoms with Crippen molar-refractivity contribution in [3.8, 4) is 0 Å². The van der Waals surface area contributed by atoms with Gasteiger partial charge in [-0.2, -0.15) is 0 Å². The van der Waals surface area contributed by atoms with Crippen molar-refractivity contribution < 1.29 is 0 Å². The van der Waals surface area contributed by atoms with Gasteiger partial charge < -0.3 is 15.6 Å². The van der Waals surface area contributed by atoms with Gasteiger partial charge in [-0.05, 0) is 37.6 Å². The number of aromatic nitrogens is 1. The highest BCUT2D eigenvalue weighted by atomic mass is 127. The number of halogens is 1. The first-order chi connectivity index (χ1) is 9.19. The second kappa shape index (κ2) is 8.51. The van der Waals surface area contributed by atoms with Crippen molar-refractivity contribution in [3.05, 3.63) is 24.0 Å². The Balaban J connectivity index is 0.00000200. The van der Waals surface area contributed by atoms with Crippen LogP contribution in [-0.2, 0) is 13.6 Å². The molecule has 0 saturated carbocycles. The Morgan fingerprint density at radius 2 is 2.35 bits per heavy atom. The molecule has 0 spiro atoms. The summed E-state index contributed by atoms with van der Waals surface area (Å²) in [4.78, 5) is 6.87. The maximum Gasteiger partial charge on any atom is 0.188 e. The predicted octanol–water partition coefficient (Wildman–Crippen LogP) is 1.53. The Labute approximate surface area is 138 Å². The van der Waals surface area contributed by atoms with Gasteiger partial charge in [-0.15, -0.1) is 24.0 Å². The fourth-order valence-corrected chi connectivity index (χ4v) is 2.65. The fourth-order valence-electron chi connectivity index (χ4n) is 2.65. The molecule has 5 nitrogen and oxygen atoms in total. The summed E-state index contributed by atoms with van der Waals surface area (Å²) < 4.78 is 2.02. The van der Waals surface area contributed by atoms with E-state index in [2.05, 4.69) is 34.4 Å². The van der Waals surface area contributed by atoms with E-state index in [9.17, 15) is 0 Å². The molecule has 6 heteroatoms. The third-order valence-electron chi connectivity index (χ3n) is 3.75. The number of guanidine groups is 1. The zero-order valence-corrected chi connectivity index (χ0v) is 14.7. The molecule has 0 aliphatic carbocycles. The van der Waals surface area contributed by atoms with E-state index in [0.29, 0.717) is 18.5 Å². The highest BCUT2D eigenvalue weighted by Gasteiger charge is 2.22. The number of aryl methyl sites for hydroxylation is 1. The topological polar surface area (TPSA) is 58.6 Å². The van der Waals surface area contributed by atoms with E-state index in [1.54, 1.807) is 0 Å². The molecule has 1 unspecified atom stereocenters. The van der Waals surface area contributed by atoms with Crippen molar-refractivity contribution in [1.29, 1.82) is 0 Å². The summed E-state index contributed by atoms with van der Waals surface area (Å²) >= 11 is 0. The van der Waals surface area contributed by atoms with Gasteiger partial charge in [-0.25, -0.2) is 4.99 Å². The van der Waals surface area contributed by atoms with Crippen LogP contribution >= 0.6 is 24.0 Å². The van der Waals surface area contributed by atoms with E-state index in [1.807, 2.05) is 17.8 Å². The molecule has 0 radical (unpaired) electrons. The van der Waals surface area contributed by atoms with Crippen molar-refractivity contribution >= 4 is 29.9 Å². The van der Waals surface area contributed by atoms with Crippen LogP contribution in [0.5, 0.6) is 0 Å². The van der Waals surface area contributed by atoms with Gasteiger partial charge in [0.2, 0.25) is 0 Å². The molecule has 0 aromatic carbocycles. The summed E-state index contributed by atoms with van der Waals surface area (Å²) in [6, 6.07) is 2.67. The molecule has 20 heavy (non-hydrogen) atoms. The number of hydrogen-bond donors (Lipinski definition) is 2. The van der Waals surface area contributed by atoms with Crippen molar-refractivity contribution in [2.75, 3.05) is 19.6 Å². The molecule has 1 aromatic rings. The smallest absolute Gasteiger partial charge is 0.188 e. The first-order valence-electron chi connectivity index (χ1n) is 7.07. The predicted molar refractivity (Wildman–Crippen MR) is 94.4 cm³/mol. The molecule has 2 rings (SSSR count). The SMILES string of the molecule is CCN1CCCC1CNC(N)=NCc1ccn(C)c1.I. The Bertz CT molecular complexity index is 429. The lowest BCUT2D eigenvalue weighted by Gasteiger charge is -2.23. The Kier molecular flexibility index (Phi) is 7.36. The van der Waals surface area contributed by atoms with Crippen LogP contribution in [-0.4, -0.2) is 41.1 Å². The number of nitrogens with two attached hydrogens (primary N) is 1. The van der Waals surface area contributed by atoms with E-state index < -0.39 is 0 Å². The van der Waals surface area contributed by atoms with E-state index >= 15 is 0 Å². The second-order valence-electron chi connectivity index (χ2n) is 5.19. The first-order valence-corrected chi connectivity index (χ1v) is 7.07. The van der Waals surface area contributed by atoms with Gasteiger partial charge in [0.05, 0.1) is 6.54 Å². The summed E-state index contributed by atoms with van der Waals surface area (Å²) in [5.74, 6) is 0.548. The summed E-state index contributed by atoms with van der Waals surface area (Å²) in [6.07, 6.45) is 6.63. The van der Waals surface area contributed by atoms with Gasteiger partial charge in [-0.1, -0.05) is 6.92 Å². The summed E-state index contributed by atoms with van der Waals surface area (Å²) in [5.41, 5.74) is 7.09. The van der Waals surface area contributed by atoms with Gasteiger partial charge in [0, 0.05) is 32.0 Å². The van der Waals surface area contributed by atoms with Crippen molar-refractivity contribution in [2.45, 2.75) is 32.4 Å². The summed E-state index contributed by atoms with van der Waals surface area (Å²) in [6.45, 7) is 6.09. The van der Waals surface area contributed by atoms with Crippen LogP contribution < -0.4 is 11.1 Å². The summed E-state index contributed by atoms with van der Waals surface area (Å²) in [5, 5.41) is 3.25. The van der Waals surface area contributed by atoms with Gasteiger partial charge in [0.25, 0.3) is 0 Å². The number of hydrogen-bond acceptors (Lipinski definition) is 2. The van der Waals surface area contributed by atoms with Crippen LogP contribution in [0.1, 0.15) is 25.3 Å². The lowest BCUT2D eigenvalue weighted by Crippen LogP contribution is -2.42. The molecule has 114 valence electrons. The molecule has 1 aliphatic rings. The monoisotopic (exact) mass is 391 g/mol. The zero-order valence-electron chi connectivity index (χ0n) is 12.4. The highest BCUT2D eigenvalue weighted by Crippen LogP contribution is 2.15. The number of likely N-dealkylation sites (N-methyl/N-ethyl adjacent to an activating group) is 1. The molecule has 0 amide bonds. The van der Waals surface area contributed by atoms with Crippen LogP contribution in [0.25, 0.3) is 0 Å². The average molecular weight is 391 g/mol. The zero-order chi connectivity index (χ0) is 13.7. The standard InChI is InChI=1S/C14H25N5.HI/c1-3-19-7-4-5-13(19)10-17-14(15)16-9-12-6-8-18(2)11-12;/h6,8,11,13H,3-5,7,9-10H2,1-2H3,(H3,15,16,17);1H. The number of nitrogens with one attached hydrogen (secondary N) is 1. The minimum absolute atomic E-state index is 0. The molecule has 1 saturated heterocycles. The second-order valence-corrected chi connectivity index (χ2v) is 5.19. The largest absolute Gasteiger partial charge is 0.370 e. The number of nitrogens with zero attached hydrogens (tertiary/aromatic N) is 3. The van der Waals surface area contributed by atoms with E-state index in [1.165, 1.54) is 24.9 Å². The normalized spacial score (nSPS) is 19.9. The molecule has 3 N–H and O–H groups in total. The highest BCUT2D eigenvalue weighted by molar-refractivity contribution is 14.0. The molecular formula is C14H26IN5. The van der Waals surface area contributed by atoms with Crippen LogP contribution in [0.4, 0.5) is 0 Å². The maximum atomic E-state index is 5.91. The molecule has 2 heterocycles.